The Bertz CT molecular complexity index is 481. The summed E-state index contributed by atoms with van der Waals surface area (Å²) in [4.78, 5) is 18.7. The molecule has 0 saturated heterocycles. The summed E-state index contributed by atoms with van der Waals surface area (Å²) >= 11 is 0. The Morgan fingerprint density at radius 3 is 2.68 bits per heavy atom. The molecule has 0 aliphatic heterocycles. The first-order chi connectivity index (χ1) is 8.95. The number of aromatic nitrogens is 2. The summed E-state index contributed by atoms with van der Waals surface area (Å²) in [5.74, 6) is 2.80. The van der Waals surface area contributed by atoms with Crippen molar-refractivity contribution >= 4 is 0 Å². The van der Waals surface area contributed by atoms with Gasteiger partial charge < -0.3 is 9.72 Å². The summed E-state index contributed by atoms with van der Waals surface area (Å²) in [5.41, 5.74) is -0.133. The molecule has 1 aliphatic rings. The van der Waals surface area contributed by atoms with Gasteiger partial charge in [-0.3, -0.25) is 4.79 Å². The number of H-pyrrole nitrogens is 1. The van der Waals surface area contributed by atoms with Crippen molar-refractivity contribution in [3.63, 3.8) is 0 Å². The third-order valence-corrected chi connectivity index (χ3v) is 4.12. The van der Waals surface area contributed by atoms with Crippen LogP contribution in [0.4, 0.5) is 0 Å². The monoisotopic (exact) mass is 264 g/mol. The molecule has 1 aromatic heterocycles. The molecule has 0 aromatic carbocycles. The fourth-order valence-corrected chi connectivity index (χ4v) is 2.56. The number of hydrogen-bond acceptors (Lipinski definition) is 3. The molecule has 4 nitrogen and oxygen atoms in total. The Morgan fingerprint density at radius 1 is 1.32 bits per heavy atom. The normalized spacial score (nSPS) is 27.5. The first kappa shape index (κ1) is 14.1. The topological polar surface area (TPSA) is 55.0 Å². The maximum absolute atomic E-state index is 11.6. The summed E-state index contributed by atoms with van der Waals surface area (Å²) in [6.45, 7) is 8.58. The summed E-state index contributed by atoms with van der Waals surface area (Å²) in [6, 6.07) is 1.45. The zero-order valence-electron chi connectivity index (χ0n) is 12.3. The molecule has 1 N–H and O–H groups in total. The van der Waals surface area contributed by atoms with Crippen LogP contribution in [0.25, 0.3) is 0 Å². The molecule has 1 fully saturated rings. The van der Waals surface area contributed by atoms with Gasteiger partial charge in [0.1, 0.15) is 11.9 Å². The van der Waals surface area contributed by atoms with E-state index >= 15 is 0 Å². The Hall–Kier alpha value is -1.32. The second kappa shape index (κ2) is 5.76. The fraction of sp³-hybridized carbons (Fsp3) is 0.733. The fourth-order valence-electron chi connectivity index (χ4n) is 2.56. The minimum absolute atomic E-state index is 0.133. The Kier molecular flexibility index (Phi) is 4.27. The van der Waals surface area contributed by atoms with Crippen molar-refractivity contribution in [2.24, 2.45) is 11.8 Å². The molecule has 3 atom stereocenters. The molecular formula is C15H24N2O2. The van der Waals surface area contributed by atoms with Crippen LogP contribution < -0.4 is 10.3 Å². The molecule has 4 heteroatoms. The van der Waals surface area contributed by atoms with Gasteiger partial charge in [0.25, 0.3) is 5.56 Å². The molecule has 2 rings (SSSR count). The third-order valence-electron chi connectivity index (χ3n) is 4.12. The van der Waals surface area contributed by atoms with E-state index in [4.69, 9.17) is 4.74 Å². The van der Waals surface area contributed by atoms with E-state index < -0.39 is 0 Å². The molecule has 1 aromatic rings. The van der Waals surface area contributed by atoms with Crippen molar-refractivity contribution in [3.05, 3.63) is 22.2 Å². The van der Waals surface area contributed by atoms with Gasteiger partial charge in [0.05, 0.1) is 6.07 Å². The predicted octanol–water partition coefficient (Wildman–Crippen LogP) is 3.10. The Morgan fingerprint density at radius 2 is 2.05 bits per heavy atom. The Balaban J connectivity index is 2.09. The zero-order chi connectivity index (χ0) is 14.0. The van der Waals surface area contributed by atoms with Gasteiger partial charge in [-0.2, -0.15) is 4.98 Å². The van der Waals surface area contributed by atoms with Gasteiger partial charge in [-0.1, -0.05) is 27.7 Å². The third kappa shape index (κ3) is 3.58. The predicted molar refractivity (Wildman–Crippen MR) is 75.5 cm³/mol. The minimum Gasteiger partial charge on any atom is -0.474 e. The molecule has 0 bridgehead atoms. The molecule has 1 aliphatic carbocycles. The van der Waals surface area contributed by atoms with Gasteiger partial charge >= 0.3 is 0 Å². The van der Waals surface area contributed by atoms with Gasteiger partial charge in [0.2, 0.25) is 5.88 Å². The summed E-state index contributed by atoms with van der Waals surface area (Å²) < 4.78 is 5.91. The number of aromatic amines is 1. The molecule has 3 unspecified atom stereocenters. The number of nitrogens with zero attached hydrogens (tertiary/aromatic N) is 1. The van der Waals surface area contributed by atoms with Crippen molar-refractivity contribution in [2.45, 2.75) is 59.0 Å². The summed E-state index contributed by atoms with van der Waals surface area (Å²) in [5, 5.41) is 0. The van der Waals surface area contributed by atoms with E-state index in [1.54, 1.807) is 0 Å². The van der Waals surface area contributed by atoms with E-state index in [9.17, 15) is 4.79 Å². The quantitative estimate of drug-likeness (QED) is 0.912. The lowest BCUT2D eigenvalue weighted by molar-refractivity contribution is 0.0959. The minimum atomic E-state index is -0.133. The van der Waals surface area contributed by atoms with E-state index in [-0.39, 0.29) is 17.6 Å². The van der Waals surface area contributed by atoms with Crippen molar-refractivity contribution < 1.29 is 4.74 Å². The van der Waals surface area contributed by atoms with Gasteiger partial charge in [-0.25, -0.2) is 0 Å². The van der Waals surface area contributed by atoms with Gasteiger partial charge in [-0.05, 0) is 31.1 Å². The van der Waals surface area contributed by atoms with Crippen LogP contribution in [0.2, 0.25) is 0 Å². The van der Waals surface area contributed by atoms with Crippen molar-refractivity contribution in [3.8, 4) is 5.88 Å². The first-order valence-corrected chi connectivity index (χ1v) is 7.23. The molecule has 106 valence electrons. The van der Waals surface area contributed by atoms with E-state index in [1.807, 2.05) is 13.8 Å². The highest BCUT2D eigenvalue weighted by Crippen LogP contribution is 2.31. The van der Waals surface area contributed by atoms with Gasteiger partial charge in [-0.15, -0.1) is 0 Å². The average Bonchev–Trinajstić information content (AvgIpc) is 2.33. The molecule has 0 spiro atoms. The number of hydrogen-bond donors (Lipinski definition) is 1. The maximum atomic E-state index is 11.6. The molecule has 19 heavy (non-hydrogen) atoms. The van der Waals surface area contributed by atoms with E-state index in [1.165, 1.54) is 12.5 Å². The highest BCUT2D eigenvalue weighted by Gasteiger charge is 2.26. The van der Waals surface area contributed by atoms with E-state index in [0.29, 0.717) is 17.6 Å². The van der Waals surface area contributed by atoms with Crippen molar-refractivity contribution in [1.82, 2.24) is 9.97 Å². The summed E-state index contributed by atoms with van der Waals surface area (Å²) in [7, 11) is 0. The van der Waals surface area contributed by atoms with Crippen LogP contribution in [0, 0.1) is 11.8 Å². The molecule has 1 saturated carbocycles. The van der Waals surface area contributed by atoms with E-state index in [2.05, 4.69) is 23.8 Å². The Labute approximate surface area is 114 Å². The van der Waals surface area contributed by atoms with Crippen molar-refractivity contribution in [2.75, 3.05) is 0 Å². The van der Waals surface area contributed by atoms with Crippen LogP contribution >= 0.6 is 0 Å². The largest absolute Gasteiger partial charge is 0.474 e. The van der Waals surface area contributed by atoms with Gasteiger partial charge in [0.15, 0.2) is 0 Å². The maximum Gasteiger partial charge on any atom is 0.254 e. The molecule has 0 amide bonds. The van der Waals surface area contributed by atoms with Crippen LogP contribution in [0.15, 0.2) is 10.9 Å². The molecule has 0 radical (unpaired) electrons. The van der Waals surface area contributed by atoms with Crippen LogP contribution in [0.5, 0.6) is 5.88 Å². The second-order valence-electron chi connectivity index (χ2n) is 6.13. The number of rotatable bonds is 3. The number of ether oxygens (including phenoxy) is 1. The lowest BCUT2D eigenvalue weighted by Gasteiger charge is -2.31. The zero-order valence-corrected chi connectivity index (χ0v) is 12.3. The van der Waals surface area contributed by atoms with Crippen LogP contribution in [-0.4, -0.2) is 16.1 Å². The first-order valence-electron chi connectivity index (χ1n) is 7.23. The van der Waals surface area contributed by atoms with Crippen LogP contribution in [0.1, 0.15) is 58.7 Å². The second-order valence-corrected chi connectivity index (χ2v) is 6.13. The standard InChI is InChI=1S/C15H24N2O2/c1-9(2)15-16-13(18)8-14(17-15)19-12-6-5-10(3)11(4)7-12/h8-12H,5-7H2,1-4H3,(H,16,17,18). The SMILES string of the molecule is CC(C)c1nc(OC2CCC(C)C(C)C2)cc(=O)[nH]1. The smallest absolute Gasteiger partial charge is 0.254 e. The van der Waals surface area contributed by atoms with Gasteiger partial charge in [0, 0.05) is 5.92 Å². The molecular weight excluding hydrogens is 240 g/mol. The van der Waals surface area contributed by atoms with E-state index in [0.717, 1.165) is 18.8 Å². The average molecular weight is 264 g/mol. The lowest BCUT2D eigenvalue weighted by atomic mass is 9.80. The highest BCUT2D eigenvalue weighted by molar-refractivity contribution is 5.11. The highest BCUT2D eigenvalue weighted by atomic mass is 16.5. The van der Waals surface area contributed by atoms with Crippen molar-refractivity contribution in [1.29, 1.82) is 0 Å². The number of nitrogens with one attached hydrogen (secondary N) is 1. The van der Waals surface area contributed by atoms with Crippen LogP contribution in [0.3, 0.4) is 0 Å². The summed E-state index contributed by atoms with van der Waals surface area (Å²) in [6.07, 6.45) is 3.48. The molecule has 1 heterocycles. The van der Waals surface area contributed by atoms with Crippen LogP contribution in [-0.2, 0) is 0 Å². The lowest BCUT2D eigenvalue weighted by Crippen LogP contribution is -2.29.